The molecular formula is C19H26ClNO3. The van der Waals surface area contributed by atoms with Crippen LogP contribution in [0.5, 0.6) is 0 Å². The van der Waals surface area contributed by atoms with E-state index in [9.17, 15) is 4.79 Å². The molecule has 1 aromatic rings. The first kappa shape index (κ1) is 17.7. The second-order valence-electron chi connectivity index (χ2n) is 6.95. The van der Waals surface area contributed by atoms with Crippen molar-refractivity contribution in [1.29, 1.82) is 0 Å². The highest BCUT2D eigenvalue weighted by atomic mass is 35.5. The fraction of sp³-hybridized carbons (Fsp3) is 0.632. The third-order valence-corrected chi connectivity index (χ3v) is 5.71. The van der Waals surface area contributed by atoms with Gasteiger partial charge >= 0.3 is 0 Å². The Hall–Kier alpha value is -1.10. The summed E-state index contributed by atoms with van der Waals surface area (Å²) in [4.78, 5) is 14.7. The van der Waals surface area contributed by atoms with Crippen LogP contribution in [-0.4, -0.2) is 50.3 Å². The summed E-state index contributed by atoms with van der Waals surface area (Å²) in [5.74, 6) is 0.203. The van der Waals surface area contributed by atoms with E-state index < -0.39 is 0 Å². The molecule has 1 amide bonds. The molecule has 0 spiro atoms. The van der Waals surface area contributed by atoms with E-state index in [1.807, 2.05) is 29.2 Å². The number of carbonyl (C=O) groups is 1. The van der Waals surface area contributed by atoms with E-state index in [0.29, 0.717) is 19.4 Å². The summed E-state index contributed by atoms with van der Waals surface area (Å²) < 4.78 is 11.5. The minimum Gasteiger partial charge on any atom is -0.384 e. The number of rotatable bonds is 5. The van der Waals surface area contributed by atoms with E-state index in [4.69, 9.17) is 21.1 Å². The van der Waals surface area contributed by atoms with Gasteiger partial charge in [-0.25, -0.2) is 0 Å². The number of ether oxygens (including phenoxy) is 2. The first-order valence-corrected chi connectivity index (χ1v) is 9.14. The van der Waals surface area contributed by atoms with Crippen LogP contribution in [0.15, 0.2) is 24.3 Å². The first-order valence-electron chi connectivity index (χ1n) is 8.76. The Balaban J connectivity index is 1.62. The zero-order chi connectivity index (χ0) is 17.0. The normalized spacial score (nSPS) is 26.9. The molecular weight excluding hydrogens is 326 g/mol. The molecule has 24 heavy (non-hydrogen) atoms. The van der Waals surface area contributed by atoms with Crippen molar-refractivity contribution in [3.63, 3.8) is 0 Å². The number of benzene rings is 1. The van der Waals surface area contributed by atoms with Gasteiger partial charge in [0.25, 0.3) is 0 Å². The molecule has 0 N–H and O–H groups in total. The number of amides is 1. The fourth-order valence-corrected chi connectivity index (χ4v) is 4.33. The molecule has 2 fully saturated rings. The summed E-state index contributed by atoms with van der Waals surface area (Å²) in [5, 5.41) is 0.737. The van der Waals surface area contributed by atoms with Gasteiger partial charge in [0.05, 0.1) is 12.7 Å². The maximum atomic E-state index is 12.7. The minimum atomic E-state index is -0.0364. The van der Waals surface area contributed by atoms with Gasteiger partial charge in [-0.1, -0.05) is 29.8 Å². The lowest BCUT2D eigenvalue weighted by Crippen LogP contribution is -2.58. The van der Waals surface area contributed by atoms with Crippen molar-refractivity contribution in [2.45, 2.75) is 38.2 Å². The molecule has 2 aliphatic rings. The number of piperidine rings is 1. The zero-order valence-corrected chi connectivity index (χ0v) is 15.1. The van der Waals surface area contributed by atoms with Crippen LogP contribution in [0.1, 0.15) is 31.2 Å². The average molecular weight is 352 g/mol. The van der Waals surface area contributed by atoms with Crippen LogP contribution < -0.4 is 0 Å². The van der Waals surface area contributed by atoms with Crippen LogP contribution >= 0.6 is 11.6 Å². The van der Waals surface area contributed by atoms with Crippen LogP contribution in [0.25, 0.3) is 0 Å². The highest BCUT2D eigenvalue weighted by Crippen LogP contribution is 2.40. The number of carbonyl (C=O) groups excluding carboxylic acids is 1. The largest absolute Gasteiger partial charge is 0.384 e. The number of hydrogen-bond acceptors (Lipinski definition) is 3. The summed E-state index contributed by atoms with van der Waals surface area (Å²) in [6, 6.07) is 7.74. The molecule has 0 aromatic heterocycles. The highest BCUT2D eigenvalue weighted by molar-refractivity contribution is 6.31. The van der Waals surface area contributed by atoms with E-state index in [0.717, 1.165) is 49.5 Å². The minimum absolute atomic E-state index is 0.0364. The van der Waals surface area contributed by atoms with Gasteiger partial charge in [-0.2, -0.15) is 0 Å². The number of aryl methyl sites for hydroxylation is 1. The van der Waals surface area contributed by atoms with Crippen molar-refractivity contribution >= 4 is 17.5 Å². The standard InChI is InChI=1S/C19H26ClNO3/c1-23-14-19-10-4-12-24-17(19)9-11-21(13-19)18(22)8-7-15-5-2-3-6-16(15)20/h2-3,5-6,17H,4,7-14H2,1H3/t17-,19+/m1/s1. The third kappa shape index (κ3) is 3.76. The number of likely N-dealkylation sites (tertiary alicyclic amines) is 1. The Bertz CT molecular complexity index is 575. The fourth-order valence-electron chi connectivity index (χ4n) is 4.10. The van der Waals surface area contributed by atoms with E-state index in [2.05, 4.69) is 0 Å². The summed E-state index contributed by atoms with van der Waals surface area (Å²) in [7, 11) is 1.73. The maximum absolute atomic E-state index is 12.7. The molecule has 4 nitrogen and oxygen atoms in total. The molecule has 132 valence electrons. The molecule has 0 bridgehead atoms. The molecule has 0 radical (unpaired) electrons. The van der Waals surface area contributed by atoms with Gasteiger partial charge in [0.15, 0.2) is 0 Å². The van der Waals surface area contributed by atoms with Crippen molar-refractivity contribution in [2.75, 3.05) is 33.4 Å². The van der Waals surface area contributed by atoms with Crippen molar-refractivity contribution in [2.24, 2.45) is 5.41 Å². The Morgan fingerprint density at radius 2 is 2.29 bits per heavy atom. The first-order chi connectivity index (χ1) is 11.6. The summed E-state index contributed by atoms with van der Waals surface area (Å²) >= 11 is 6.19. The number of fused-ring (bicyclic) bond motifs is 1. The van der Waals surface area contributed by atoms with Gasteiger partial charge in [0.2, 0.25) is 5.91 Å². The van der Waals surface area contributed by atoms with E-state index in [1.54, 1.807) is 7.11 Å². The van der Waals surface area contributed by atoms with Crippen molar-refractivity contribution in [3.8, 4) is 0 Å². The van der Waals surface area contributed by atoms with Gasteiger partial charge < -0.3 is 14.4 Å². The van der Waals surface area contributed by atoms with Gasteiger partial charge in [0.1, 0.15) is 0 Å². The predicted molar refractivity (Wildman–Crippen MR) is 94.3 cm³/mol. The van der Waals surface area contributed by atoms with Crippen LogP contribution in [0, 0.1) is 5.41 Å². The van der Waals surface area contributed by atoms with Crippen LogP contribution in [0.4, 0.5) is 0 Å². The molecule has 1 aromatic carbocycles. The zero-order valence-electron chi connectivity index (χ0n) is 14.3. The number of hydrogen-bond donors (Lipinski definition) is 0. The van der Waals surface area contributed by atoms with E-state index in [-0.39, 0.29) is 17.4 Å². The molecule has 2 aliphatic heterocycles. The lowest BCUT2D eigenvalue weighted by atomic mass is 9.73. The molecule has 0 saturated carbocycles. The molecule has 0 unspecified atom stereocenters. The number of halogens is 1. The van der Waals surface area contributed by atoms with Crippen LogP contribution in [-0.2, 0) is 20.7 Å². The second-order valence-corrected chi connectivity index (χ2v) is 7.36. The average Bonchev–Trinajstić information content (AvgIpc) is 2.60. The lowest BCUT2D eigenvalue weighted by molar-refractivity contribution is -0.162. The topological polar surface area (TPSA) is 38.8 Å². The monoisotopic (exact) mass is 351 g/mol. The van der Waals surface area contributed by atoms with E-state index in [1.165, 1.54) is 0 Å². The molecule has 3 rings (SSSR count). The van der Waals surface area contributed by atoms with E-state index >= 15 is 0 Å². The Morgan fingerprint density at radius 1 is 1.46 bits per heavy atom. The van der Waals surface area contributed by atoms with Crippen LogP contribution in [0.3, 0.4) is 0 Å². The molecule has 2 saturated heterocycles. The van der Waals surface area contributed by atoms with Gasteiger partial charge in [-0.3, -0.25) is 4.79 Å². The third-order valence-electron chi connectivity index (χ3n) is 5.34. The number of methoxy groups -OCH3 is 1. The lowest BCUT2D eigenvalue weighted by Gasteiger charge is -2.50. The SMILES string of the molecule is COC[C@@]12CCCO[C@@H]1CCN(C(=O)CCc1ccccc1Cl)C2. The molecule has 2 atom stereocenters. The summed E-state index contributed by atoms with van der Waals surface area (Å²) in [6.45, 7) is 3.01. The van der Waals surface area contributed by atoms with Crippen molar-refractivity contribution in [1.82, 2.24) is 4.90 Å². The van der Waals surface area contributed by atoms with Crippen molar-refractivity contribution in [3.05, 3.63) is 34.9 Å². The van der Waals surface area contributed by atoms with Gasteiger partial charge in [0, 0.05) is 43.7 Å². The van der Waals surface area contributed by atoms with Crippen LogP contribution in [0.2, 0.25) is 5.02 Å². The quantitative estimate of drug-likeness (QED) is 0.816. The van der Waals surface area contributed by atoms with Crippen molar-refractivity contribution < 1.29 is 14.3 Å². The molecule has 0 aliphatic carbocycles. The smallest absolute Gasteiger partial charge is 0.222 e. The highest BCUT2D eigenvalue weighted by Gasteiger charge is 2.46. The van der Waals surface area contributed by atoms with Gasteiger partial charge in [-0.05, 0) is 37.3 Å². The number of nitrogens with zero attached hydrogens (tertiary/aromatic N) is 1. The second kappa shape index (κ2) is 7.85. The summed E-state index contributed by atoms with van der Waals surface area (Å²) in [5.41, 5.74) is 1.00. The molecule has 2 heterocycles. The van der Waals surface area contributed by atoms with Gasteiger partial charge in [-0.15, -0.1) is 0 Å². The Morgan fingerprint density at radius 3 is 3.08 bits per heavy atom. The summed E-state index contributed by atoms with van der Waals surface area (Å²) in [6.07, 6.45) is 4.42. The Kier molecular flexibility index (Phi) is 5.80. The maximum Gasteiger partial charge on any atom is 0.222 e. The molecule has 5 heteroatoms. The Labute approximate surface area is 149 Å². The predicted octanol–water partition coefficient (Wildman–Crippen LogP) is 3.32.